The van der Waals surface area contributed by atoms with Crippen LogP contribution in [-0.4, -0.2) is 72.4 Å². The summed E-state index contributed by atoms with van der Waals surface area (Å²) < 4.78 is 5.81. The summed E-state index contributed by atoms with van der Waals surface area (Å²) in [5, 5.41) is 10.2. The lowest BCUT2D eigenvalue weighted by Crippen LogP contribution is -2.62. The van der Waals surface area contributed by atoms with Gasteiger partial charge in [-0.2, -0.15) is 0 Å². The van der Waals surface area contributed by atoms with Gasteiger partial charge < -0.3 is 14.7 Å². The Morgan fingerprint density at radius 2 is 1.78 bits per heavy atom. The summed E-state index contributed by atoms with van der Waals surface area (Å²) >= 11 is 0. The summed E-state index contributed by atoms with van der Waals surface area (Å²) in [5.41, 5.74) is -0.0435. The van der Waals surface area contributed by atoms with Gasteiger partial charge >= 0.3 is 0 Å². The van der Waals surface area contributed by atoms with E-state index in [1.807, 2.05) is 6.92 Å². The van der Waals surface area contributed by atoms with Crippen molar-refractivity contribution >= 4 is 5.91 Å². The fraction of sp³-hybridized carbons (Fsp3) is 0.944. The van der Waals surface area contributed by atoms with Crippen LogP contribution in [0, 0.1) is 5.41 Å². The molecule has 1 amide bonds. The maximum atomic E-state index is 12.5. The summed E-state index contributed by atoms with van der Waals surface area (Å²) in [4.78, 5) is 16.8. The van der Waals surface area contributed by atoms with Crippen molar-refractivity contribution in [1.29, 1.82) is 0 Å². The van der Waals surface area contributed by atoms with Crippen molar-refractivity contribution in [2.75, 3.05) is 39.3 Å². The number of carbonyl (C=O) groups excluding carboxylic acids is 1. The molecule has 5 nitrogen and oxygen atoms in total. The highest BCUT2D eigenvalue weighted by atomic mass is 16.5. The Bertz CT molecular complexity index is 397. The van der Waals surface area contributed by atoms with Gasteiger partial charge in [0.05, 0.1) is 18.8 Å². The summed E-state index contributed by atoms with van der Waals surface area (Å²) in [7, 11) is 0. The molecule has 0 aromatic heterocycles. The molecule has 1 spiro atoms. The second-order valence-corrected chi connectivity index (χ2v) is 7.50. The number of amides is 1. The van der Waals surface area contributed by atoms with Crippen LogP contribution >= 0.6 is 0 Å². The van der Waals surface area contributed by atoms with Gasteiger partial charge in [-0.15, -0.1) is 0 Å². The minimum absolute atomic E-state index is 0.0435. The van der Waals surface area contributed by atoms with Gasteiger partial charge in [0.2, 0.25) is 5.91 Å². The fourth-order valence-electron chi connectivity index (χ4n) is 4.56. The molecule has 2 unspecified atom stereocenters. The van der Waals surface area contributed by atoms with E-state index < -0.39 is 0 Å². The SMILES string of the molecule is CCOC1CC(O)C12CCN(CC(=O)N1CCCCCC1)CC2. The van der Waals surface area contributed by atoms with Crippen LogP contribution in [0.15, 0.2) is 0 Å². The molecular formula is C18H32N2O3. The van der Waals surface area contributed by atoms with E-state index in [4.69, 9.17) is 4.74 Å². The average molecular weight is 324 g/mol. The van der Waals surface area contributed by atoms with Crippen LogP contribution in [0.2, 0.25) is 0 Å². The molecule has 0 bridgehead atoms. The Morgan fingerprint density at radius 3 is 2.35 bits per heavy atom. The van der Waals surface area contributed by atoms with Crippen molar-refractivity contribution in [3.8, 4) is 0 Å². The number of ether oxygens (including phenoxy) is 1. The van der Waals surface area contributed by atoms with E-state index in [9.17, 15) is 9.90 Å². The van der Waals surface area contributed by atoms with E-state index in [-0.39, 0.29) is 17.6 Å². The molecule has 0 aromatic carbocycles. The van der Waals surface area contributed by atoms with Crippen LogP contribution in [-0.2, 0) is 9.53 Å². The van der Waals surface area contributed by atoms with E-state index in [0.717, 1.165) is 64.9 Å². The van der Waals surface area contributed by atoms with Gasteiger partial charge in [-0.3, -0.25) is 9.69 Å². The predicted molar refractivity (Wildman–Crippen MR) is 89.2 cm³/mol. The van der Waals surface area contributed by atoms with Crippen molar-refractivity contribution in [3.05, 3.63) is 0 Å². The normalized spacial score (nSPS) is 31.7. The van der Waals surface area contributed by atoms with Crippen molar-refractivity contribution in [3.63, 3.8) is 0 Å². The highest BCUT2D eigenvalue weighted by Crippen LogP contribution is 2.50. The van der Waals surface area contributed by atoms with Gasteiger partial charge in [0.15, 0.2) is 0 Å². The van der Waals surface area contributed by atoms with E-state index >= 15 is 0 Å². The van der Waals surface area contributed by atoms with Crippen LogP contribution in [0.25, 0.3) is 0 Å². The number of hydrogen-bond donors (Lipinski definition) is 1. The smallest absolute Gasteiger partial charge is 0.236 e. The third-order valence-corrected chi connectivity index (χ3v) is 6.21. The van der Waals surface area contributed by atoms with E-state index in [0.29, 0.717) is 12.5 Å². The monoisotopic (exact) mass is 324 g/mol. The lowest BCUT2D eigenvalue weighted by atomic mass is 9.58. The Balaban J connectivity index is 1.48. The number of aliphatic hydroxyl groups is 1. The first-order valence-electron chi connectivity index (χ1n) is 9.45. The zero-order valence-corrected chi connectivity index (χ0v) is 14.5. The van der Waals surface area contributed by atoms with Crippen LogP contribution in [0.5, 0.6) is 0 Å². The second kappa shape index (κ2) is 7.49. The van der Waals surface area contributed by atoms with Crippen LogP contribution in [0.4, 0.5) is 0 Å². The average Bonchev–Trinajstić information content (AvgIpc) is 2.85. The first-order valence-corrected chi connectivity index (χ1v) is 9.45. The molecule has 2 saturated heterocycles. The standard InChI is InChI=1S/C18H32N2O3/c1-2-23-16-13-15(21)18(16)7-11-19(12-8-18)14-17(22)20-9-5-3-4-6-10-20/h15-16,21H,2-14H2,1H3. The third kappa shape index (κ3) is 3.57. The molecule has 2 heterocycles. The molecule has 0 radical (unpaired) electrons. The summed E-state index contributed by atoms with van der Waals surface area (Å²) in [6.07, 6.45) is 7.49. The molecule has 3 rings (SSSR count). The van der Waals surface area contributed by atoms with Gasteiger partial charge in [0, 0.05) is 31.5 Å². The number of carbonyl (C=O) groups is 1. The molecule has 5 heteroatoms. The van der Waals surface area contributed by atoms with E-state index in [1.54, 1.807) is 0 Å². The molecule has 0 aromatic rings. The van der Waals surface area contributed by atoms with Crippen molar-refractivity contribution in [2.45, 2.75) is 64.1 Å². The second-order valence-electron chi connectivity index (χ2n) is 7.50. The van der Waals surface area contributed by atoms with Crippen molar-refractivity contribution < 1.29 is 14.6 Å². The topological polar surface area (TPSA) is 53.0 Å². The molecule has 1 aliphatic carbocycles. The first-order chi connectivity index (χ1) is 11.2. The van der Waals surface area contributed by atoms with Crippen molar-refractivity contribution in [1.82, 2.24) is 9.80 Å². The highest BCUT2D eigenvalue weighted by Gasteiger charge is 2.56. The van der Waals surface area contributed by atoms with Crippen LogP contribution in [0.3, 0.4) is 0 Å². The van der Waals surface area contributed by atoms with Gasteiger partial charge in [-0.1, -0.05) is 12.8 Å². The molecule has 1 saturated carbocycles. The van der Waals surface area contributed by atoms with Gasteiger partial charge in [-0.05, 0) is 45.7 Å². The van der Waals surface area contributed by atoms with Crippen molar-refractivity contribution in [2.24, 2.45) is 5.41 Å². The number of aliphatic hydroxyl groups excluding tert-OH is 1. The number of likely N-dealkylation sites (tertiary alicyclic amines) is 2. The lowest BCUT2D eigenvalue weighted by molar-refractivity contribution is -0.209. The van der Waals surface area contributed by atoms with Crippen LogP contribution in [0.1, 0.15) is 51.9 Å². The minimum Gasteiger partial charge on any atom is -0.392 e. The summed E-state index contributed by atoms with van der Waals surface area (Å²) in [6, 6.07) is 0. The zero-order valence-electron chi connectivity index (χ0n) is 14.5. The quantitative estimate of drug-likeness (QED) is 0.854. The lowest BCUT2D eigenvalue weighted by Gasteiger charge is -2.56. The Kier molecular flexibility index (Phi) is 5.60. The maximum absolute atomic E-state index is 12.5. The van der Waals surface area contributed by atoms with Gasteiger partial charge in [-0.25, -0.2) is 0 Å². The Morgan fingerprint density at radius 1 is 1.13 bits per heavy atom. The number of piperidine rings is 1. The molecule has 2 atom stereocenters. The molecule has 132 valence electrons. The number of nitrogens with zero attached hydrogens (tertiary/aromatic N) is 2. The zero-order chi connectivity index (χ0) is 16.3. The minimum atomic E-state index is -0.220. The molecule has 23 heavy (non-hydrogen) atoms. The number of rotatable bonds is 4. The van der Waals surface area contributed by atoms with E-state index in [2.05, 4.69) is 9.80 Å². The van der Waals surface area contributed by atoms with Gasteiger partial charge in [0.25, 0.3) is 0 Å². The molecule has 3 aliphatic rings. The van der Waals surface area contributed by atoms with Gasteiger partial charge in [0.1, 0.15) is 0 Å². The Hall–Kier alpha value is -0.650. The molecule has 2 aliphatic heterocycles. The largest absolute Gasteiger partial charge is 0.392 e. The molecular weight excluding hydrogens is 292 g/mol. The number of hydrogen-bond acceptors (Lipinski definition) is 4. The maximum Gasteiger partial charge on any atom is 0.236 e. The highest BCUT2D eigenvalue weighted by molar-refractivity contribution is 5.78. The van der Waals surface area contributed by atoms with Crippen LogP contribution < -0.4 is 0 Å². The first kappa shape index (κ1) is 17.2. The summed E-state index contributed by atoms with van der Waals surface area (Å²) in [6.45, 7) is 6.96. The molecule has 3 fully saturated rings. The molecule has 1 N–H and O–H groups in total. The van der Waals surface area contributed by atoms with E-state index in [1.165, 1.54) is 12.8 Å². The Labute approximate surface area is 140 Å². The fourth-order valence-corrected chi connectivity index (χ4v) is 4.56. The summed E-state index contributed by atoms with van der Waals surface area (Å²) in [5.74, 6) is 0.290. The third-order valence-electron chi connectivity index (χ3n) is 6.21. The predicted octanol–water partition coefficient (Wildman–Crippen LogP) is 1.64.